The highest BCUT2D eigenvalue weighted by atomic mass is 32.1. The molecule has 0 amide bonds. The Labute approximate surface area is 152 Å². The molecular formula is C18H17FN2O4S. The average Bonchev–Trinajstić information content (AvgIpc) is 2.95. The van der Waals surface area contributed by atoms with E-state index in [1.165, 1.54) is 36.2 Å². The molecule has 2 aromatic heterocycles. The summed E-state index contributed by atoms with van der Waals surface area (Å²) in [6, 6.07) is 4.12. The predicted molar refractivity (Wildman–Crippen MR) is 96.6 cm³/mol. The lowest BCUT2D eigenvalue weighted by atomic mass is 10.2. The number of nitrogens with zero attached hydrogens (tertiary/aromatic N) is 2. The number of aryl methyl sites for hydroxylation is 1. The van der Waals surface area contributed by atoms with Gasteiger partial charge in [-0.15, -0.1) is 11.3 Å². The first-order valence-corrected chi connectivity index (χ1v) is 8.76. The Hall–Kier alpha value is -2.74. The van der Waals surface area contributed by atoms with Gasteiger partial charge >= 0.3 is 5.97 Å². The summed E-state index contributed by atoms with van der Waals surface area (Å²) < 4.78 is 25.2. The molecule has 0 spiro atoms. The van der Waals surface area contributed by atoms with Gasteiger partial charge in [-0.3, -0.25) is 9.36 Å². The van der Waals surface area contributed by atoms with Crippen LogP contribution in [0.25, 0.3) is 10.2 Å². The molecule has 0 aliphatic heterocycles. The Bertz CT molecular complexity index is 1040. The van der Waals surface area contributed by atoms with Gasteiger partial charge < -0.3 is 9.47 Å². The van der Waals surface area contributed by atoms with Crippen LogP contribution in [0, 0.1) is 12.7 Å². The van der Waals surface area contributed by atoms with Crippen LogP contribution in [0.1, 0.15) is 27.7 Å². The van der Waals surface area contributed by atoms with E-state index in [-0.39, 0.29) is 18.7 Å². The number of aromatic nitrogens is 2. The van der Waals surface area contributed by atoms with Gasteiger partial charge in [-0.05, 0) is 37.6 Å². The lowest BCUT2D eigenvalue weighted by Gasteiger charge is -2.10. The maximum absolute atomic E-state index is 13.6. The maximum Gasteiger partial charge on any atom is 0.348 e. The molecule has 3 rings (SSSR count). The third-order valence-corrected chi connectivity index (χ3v) is 5.14. The molecule has 6 nitrogen and oxygen atoms in total. The van der Waals surface area contributed by atoms with Crippen LogP contribution in [-0.2, 0) is 11.3 Å². The summed E-state index contributed by atoms with van der Waals surface area (Å²) in [5.41, 5.74) is 0.765. The monoisotopic (exact) mass is 376 g/mol. The summed E-state index contributed by atoms with van der Waals surface area (Å²) in [7, 11) is 1.48. The van der Waals surface area contributed by atoms with E-state index in [2.05, 4.69) is 4.98 Å². The first-order chi connectivity index (χ1) is 12.5. The van der Waals surface area contributed by atoms with Gasteiger partial charge in [0.2, 0.25) is 0 Å². The van der Waals surface area contributed by atoms with Gasteiger partial charge in [0.1, 0.15) is 21.3 Å². The molecule has 0 saturated heterocycles. The number of esters is 1. The second kappa shape index (κ2) is 7.25. The number of benzene rings is 1. The molecule has 0 aliphatic carbocycles. The van der Waals surface area contributed by atoms with Crippen LogP contribution in [0.2, 0.25) is 0 Å². The van der Waals surface area contributed by atoms with Crippen molar-refractivity contribution in [3.63, 3.8) is 0 Å². The first kappa shape index (κ1) is 18.1. The molecule has 8 heteroatoms. The summed E-state index contributed by atoms with van der Waals surface area (Å²) in [4.78, 5) is 30.0. The van der Waals surface area contributed by atoms with E-state index in [0.29, 0.717) is 32.0 Å². The number of hydrogen-bond donors (Lipinski definition) is 0. The van der Waals surface area contributed by atoms with Crippen LogP contribution in [0.5, 0.6) is 5.75 Å². The van der Waals surface area contributed by atoms with Crippen molar-refractivity contribution >= 4 is 27.5 Å². The van der Waals surface area contributed by atoms with Crippen molar-refractivity contribution in [2.75, 3.05) is 13.7 Å². The van der Waals surface area contributed by atoms with Crippen molar-refractivity contribution in [3.05, 3.63) is 56.7 Å². The zero-order valence-corrected chi connectivity index (χ0v) is 15.4. The molecule has 0 aliphatic rings. The fraction of sp³-hybridized carbons (Fsp3) is 0.278. The summed E-state index contributed by atoms with van der Waals surface area (Å²) in [5.74, 6) is -0.405. The largest absolute Gasteiger partial charge is 0.496 e. The zero-order valence-electron chi connectivity index (χ0n) is 14.5. The molecule has 0 atom stereocenters. The van der Waals surface area contributed by atoms with Crippen LogP contribution in [-0.4, -0.2) is 29.2 Å². The van der Waals surface area contributed by atoms with Crippen LogP contribution >= 0.6 is 11.3 Å². The maximum atomic E-state index is 13.6. The molecule has 1 aromatic carbocycles. The van der Waals surface area contributed by atoms with Crippen molar-refractivity contribution in [3.8, 4) is 5.75 Å². The number of methoxy groups -OCH3 is 1. The second-order valence-corrected chi connectivity index (χ2v) is 6.59. The molecule has 0 fully saturated rings. The lowest BCUT2D eigenvalue weighted by Crippen LogP contribution is -2.21. The van der Waals surface area contributed by atoms with E-state index < -0.39 is 11.8 Å². The highest BCUT2D eigenvalue weighted by Crippen LogP contribution is 2.28. The molecule has 0 bridgehead atoms. The zero-order chi connectivity index (χ0) is 18.8. The number of hydrogen-bond acceptors (Lipinski definition) is 6. The van der Waals surface area contributed by atoms with Gasteiger partial charge in [-0.2, -0.15) is 0 Å². The molecule has 136 valence electrons. The molecule has 0 N–H and O–H groups in total. The number of carbonyl (C=O) groups is 1. The van der Waals surface area contributed by atoms with E-state index in [0.717, 1.165) is 11.3 Å². The first-order valence-electron chi connectivity index (χ1n) is 7.94. The number of rotatable bonds is 5. The van der Waals surface area contributed by atoms with E-state index >= 15 is 0 Å². The van der Waals surface area contributed by atoms with Gasteiger partial charge in [0, 0.05) is 5.56 Å². The van der Waals surface area contributed by atoms with Crippen molar-refractivity contribution in [2.24, 2.45) is 0 Å². The SMILES string of the molecule is CCOC(=O)c1sc2ncn(Cc3cc(F)ccc3OC)c(=O)c2c1C. The number of thiophene rings is 1. The van der Waals surface area contributed by atoms with Crippen molar-refractivity contribution < 1.29 is 18.7 Å². The normalized spacial score (nSPS) is 10.9. The second-order valence-electron chi connectivity index (χ2n) is 5.59. The van der Waals surface area contributed by atoms with Gasteiger partial charge in [0.25, 0.3) is 5.56 Å². The Morgan fingerprint density at radius 3 is 2.85 bits per heavy atom. The molecule has 2 heterocycles. The standard InChI is InChI=1S/C18H17FN2O4S/c1-4-25-18(23)15-10(2)14-16(26-15)20-9-21(17(14)22)8-11-7-12(19)5-6-13(11)24-3/h5-7,9H,4,8H2,1-3H3. The molecule has 0 unspecified atom stereocenters. The van der Waals surface area contributed by atoms with Crippen molar-refractivity contribution in [1.29, 1.82) is 0 Å². The Kier molecular flexibility index (Phi) is 5.03. The minimum atomic E-state index is -0.467. The number of halogens is 1. The Morgan fingerprint density at radius 1 is 1.38 bits per heavy atom. The highest BCUT2D eigenvalue weighted by molar-refractivity contribution is 7.20. The van der Waals surface area contributed by atoms with E-state index in [1.54, 1.807) is 13.8 Å². The smallest absolute Gasteiger partial charge is 0.348 e. The van der Waals surface area contributed by atoms with Crippen LogP contribution in [0.15, 0.2) is 29.3 Å². The van der Waals surface area contributed by atoms with Crippen molar-refractivity contribution in [1.82, 2.24) is 9.55 Å². The molecule has 0 radical (unpaired) electrons. The Morgan fingerprint density at radius 2 is 2.15 bits per heavy atom. The van der Waals surface area contributed by atoms with Gasteiger partial charge in [-0.1, -0.05) is 0 Å². The minimum Gasteiger partial charge on any atom is -0.496 e. The Balaban J connectivity index is 2.08. The van der Waals surface area contributed by atoms with Crippen molar-refractivity contribution in [2.45, 2.75) is 20.4 Å². The fourth-order valence-corrected chi connectivity index (χ4v) is 3.75. The van der Waals surface area contributed by atoms with Gasteiger partial charge in [0.15, 0.2) is 0 Å². The topological polar surface area (TPSA) is 70.4 Å². The highest BCUT2D eigenvalue weighted by Gasteiger charge is 2.20. The minimum absolute atomic E-state index is 0.104. The van der Waals surface area contributed by atoms with Crippen LogP contribution < -0.4 is 10.3 Å². The predicted octanol–water partition coefficient (Wildman–Crippen LogP) is 3.14. The third kappa shape index (κ3) is 3.20. The van der Waals surface area contributed by atoms with Crippen LogP contribution in [0.3, 0.4) is 0 Å². The van der Waals surface area contributed by atoms with Crippen LogP contribution in [0.4, 0.5) is 4.39 Å². The summed E-state index contributed by atoms with van der Waals surface area (Å²) in [5, 5.41) is 0.371. The fourth-order valence-electron chi connectivity index (χ4n) is 2.72. The molecule has 0 saturated carbocycles. The summed E-state index contributed by atoms with van der Waals surface area (Å²) in [6.07, 6.45) is 1.39. The van der Waals surface area contributed by atoms with E-state index in [1.807, 2.05) is 0 Å². The van der Waals surface area contributed by atoms with Gasteiger partial charge in [0.05, 0.1) is 32.0 Å². The average molecular weight is 376 g/mol. The quantitative estimate of drug-likeness (QED) is 0.640. The molecular weight excluding hydrogens is 359 g/mol. The lowest BCUT2D eigenvalue weighted by molar-refractivity contribution is 0.0531. The number of fused-ring (bicyclic) bond motifs is 1. The van der Waals surface area contributed by atoms with E-state index in [9.17, 15) is 14.0 Å². The number of carbonyl (C=O) groups excluding carboxylic acids is 1. The summed E-state index contributed by atoms with van der Waals surface area (Å²) >= 11 is 1.13. The summed E-state index contributed by atoms with van der Waals surface area (Å²) in [6.45, 7) is 3.77. The molecule has 26 heavy (non-hydrogen) atoms. The van der Waals surface area contributed by atoms with Gasteiger partial charge in [-0.25, -0.2) is 14.2 Å². The molecule has 3 aromatic rings. The van der Waals surface area contributed by atoms with E-state index in [4.69, 9.17) is 9.47 Å². The number of ether oxygens (including phenoxy) is 2. The third-order valence-electron chi connectivity index (χ3n) is 3.96.